The molecule has 9 aromatic rings. The fourth-order valence-corrected chi connectivity index (χ4v) is 7.39. The fourth-order valence-electron chi connectivity index (χ4n) is 7.39. The van der Waals surface area contributed by atoms with Crippen LogP contribution in [0.2, 0.25) is 0 Å². The Morgan fingerprint density at radius 1 is 0.441 bits per heavy atom. The molecule has 9 rings (SSSR count). The van der Waals surface area contributed by atoms with Gasteiger partial charge in [0.1, 0.15) is 0 Å². The molecule has 59 heavy (non-hydrogen) atoms. The zero-order valence-corrected chi connectivity index (χ0v) is 30.6. The van der Waals surface area contributed by atoms with Gasteiger partial charge in [-0.15, -0.1) is 0 Å². The number of nitriles is 1. The van der Waals surface area contributed by atoms with Crippen LogP contribution in [0.1, 0.15) is 16.7 Å². The first-order chi connectivity index (χ1) is 28.5. The topological polar surface area (TPSA) is 67.4 Å². The molecule has 11 heteroatoms. The van der Waals surface area contributed by atoms with Gasteiger partial charge < -0.3 is 4.57 Å². The van der Waals surface area contributed by atoms with Crippen LogP contribution >= 0.6 is 0 Å². The standard InChI is InChI=1S/C48H27F6N5/c49-47(50,51)35-20-22-36(40(27-35)48(52,53)54)34-18-21-38(46-57-44(30-11-3-1-4-12-30)56-45(58-46)31-13-5-2-6-14-31)43(26-34)59-41-17-8-7-16-37(41)39-25-33(19-23-42(39)59)32-15-9-10-29(24-32)28-55/h1-27H. The molecule has 5 nitrogen and oxygen atoms in total. The maximum atomic E-state index is 14.7. The third-order valence-electron chi connectivity index (χ3n) is 10.1. The fraction of sp³-hybridized carbons (Fsp3) is 0.0417. The van der Waals surface area contributed by atoms with Crippen LogP contribution in [-0.4, -0.2) is 19.5 Å². The van der Waals surface area contributed by atoms with Crippen molar-refractivity contribution in [3.8, 4) is 68.2 Å². The molecule has 0 N–H and O–H groups in total. The summed E-state index contributed by atoms with van der Waals surface area (Å²) in [5, 5.41) is 11.2. The monoisotopic (exact) mass is 787 g/mol. The van der Waals surface area contributed by atoms with E-state index in [9.17, 15) is 31.6 Å². The zero-order chi connectivity index (χ0) is 40.9. The summed E-state index contributed by atoms with van der Waals surface area (Å²) >= 11 is 0. The normalized spacial score (nSPS) is 11.9. The molecule has 0 saturated heterocycles. The molecule has 286 valence electrons. The van der Waals surface area contributed by atoms with E-state index >= 15 is 0 Å². The van der Waals surface area contributed by atoms with Gasteiger partial charge in [-0.05, 0) is 76.9 Å². The van der Waals surface area contributed by atoms with Crippen molar-refractivity contribution in [2.75, 3.05) is 0 Å². The van der Waals surface area contributed by atoms with E-state index in [2.05, 4.69) is 6.07 Å². The van der Waals surface area contributed by atoms with E-state index in [-0.39, 0.29) is 17.5 Å². The van der Waals surface area contributed by atoms with Crippen molar-refractivity contribution in [1.82, 2.24) is 19.5 Å². The predicted octanol–water partition coefficient (Wildman–Crippen LogP) is 13.2. The Hall–Kier alpha value is -7.58. The van der Waals surface area contributed by atoms with Crippen LogP contribution in [0.4, 0.5) is 26.3 Å². The first-order valence-corrected chi connectivity index (χ1v) is 18.3. The Balaban J connectivity index is 1.35. The number of halogens is 6. The molecule has 0 saturated carbocycles. The molecule has 0 spiro atoms. The van der Waals surface area contributed by atoms with Crippen LogP contribution in [0, 0.1) is 11.3 Å². The summed E-state index contributed by atoms with van der Waals surface area (Å²) in [7, 11) is 0. The van der Waals surface area contributed by atoms with Crippen molar-refractivity contribution >= 4 is 21.8 Å². The number of nitrogens with zero attached hydrogens (tertiary/aromatic N) is 5. The third-order valence-corrected chi connectivity index (χ3v) is 10.1. The molecule has 0 unspecified atom stereocenters. The average molecular weight is 788 g/mol. The summed E-state index contributed by atoms with van der Waals surface area (Å²) in [5.41, 5.74) is 2.54. The van der Waals surface area contributed by atoms with Gasteiger partial charge in [-0.2, -0.15) is 31.6 Å². The van der Waals surface area contributed by atoms with Crippen molar-refractivity contribution in [1.29, 1.82) is 5.26 Å². The van der Waals surface area contributed by atoms with Crippen LogP contribution in [0.25, 0.3) is 83.9 Å². The molecule has 0 radical (unpaired) electrons. The Kier molecular flexibility index (Phi) is 9.05. The van der Waals surface area contributed by atoms with Gasteiger partial charge in [0, 0.05) is 27.5 Å². The van der Waals surface area contributed by atoms with Crippen LogP contribution < -0.4 is 0 Å². The Morgan fingerprint density at radius 2 is 1.02 bits per heavy atom. The zero-order valence-electron chi connectivity index (χ0n) is 30.6. The number of alkyl halides is 6. The lowest BCUT2D eigenvalue weighted by Gasteiger charge is -2.19. The second kappa shape index (κ2) is 14.4. The molecular weight excluding hydrogens is 761 g/mol. The Bertz CT molecular complexity index is 3030. The molecule has 0 aliphatic rings. The summed E-state index contributed by atoms with van der Waals surface area (Å²) in [6.07, 6.45) is -10.1. The summed E-state index contributed by atoms with van der Waals surface area (Å²) in [5.74, 6) is 0.940. The molecule has 0 atom stereocenters. The number of hydrogen-bond acceptors (Lipinski definition) is 4. The molecule has 0 amide bonds. The molecule has 0 aliphatic heterocycles. The van der Waals surface area contributed by atoms with E-state index in [1.54, 1.807) is 24.3 Å². The lowest BCUT2D eigenvalue weighted by molar-refractivity contribution is -0.142. The predicted molar refractivity (Wildman–Crippen MR) is 216 cm³/mol. The van der Waals surface area contributed by atoms with Crippen LogP contribution in [0.15, 0.2) is 164 Å². The van der Waals surface area contributed by atoms with Gasteiger partial charge in [0.25, 0.3) is 0 Å². The summed E-state index contributed by atoms with van der Waals surface area (Å²) < 4.78 is 87.2. The number of hydrogen-bond donors (Lipinski definition) is 0. The number of para-hydroxylation sites is 1. The molecule has 2 aromatic heterocycles. The summed E-state index contributed by atoms with van der Waals surface area (Å²) in [6, 6.07) is 47.6. The van der Waals surface area contributed by atoms with Crippen LogP contribution in [0.5, 0.6) is 0 Å². The van der Waals surface area contributed by atoms with Crippen molar-refractivity contribution in [2.45, 2.75) is 12.4 Å². The SMILES string of the molecule is N#Cc1cccc(-c2ccc3c(c2)c2ccccc2n3-c2cc(-c3ccc(C(F)(F)F)cc3C(F)(F)F)ccc2-c2nc(-c3ccccc3)nc(-c3ccccc3)n2)c1. The van der Waals surface area contributed by atoms with E-state index in [4.69, 9.17) is 15.0 Å². The minimum Gasteiger partial charge on any atom is -0.308 e. The average Bonchev–Trinajstić information content (AvgIpc) is 3.59. The van der Waals surface area contributed by atoms with Crippen molar-refractivity contribution in [2.24, 2.45) is 0 Å². The molecule has 0 aliphatic carbocycles. The maximum Gasteiger partial charge on any atom is 0.417 e. The first kappa shape index (κ1) is 37.0. The highest BCUT2D eigenvalue weighted by molar-refractivity contribution is 6.11. The number of benzene rings is 7. The third kappa shape index (κ3) is 6.95. The largest absolute Gasteiger partial charge is 0.417 e. The highest BCUT2D eigenvalue weighted by Gasteiger charge is 2.38. The number of fused-ring (bicyclic) bond motifs is 3. The van der Waals surface area contributed by atoms with Crippen LogP contribution in [0.3, 0.4) is 0 Å². The van der Waals surface area contributed by atoms with E-state index in [1.807, 2.05) is 114 Å². The lowest BCUT2D eigenvalue weighted by atomic mass is 9.95. The van der Waals surface area contributed by atoms with Crippen molar-refractivity contribution in [3.05, 3.63) is 180 Å². The maximum absolute atomic E-state index is 14.7. The molecule has 2 heterocycles. The highest BCUT2D eigenvalue weighted by atomic mass is 19.4. The minimum atomic E-state index is -5.11. The van der Waals surface area contributed by atoms with Gasteiger partial charge in [0.05, 0.1) is 39.5 Å². The minimum absolute atomic E-state index is 0.0290. The Morgan fingerprint density at radius 3 is 1.68 bits per heavy atom. The lowest BCUT2D eigenvalue weighted by Crippen LogP contribution is -2.12. The van der Waals surface area contributed by atoms with Crippen molar-refractivity contribution < 1.29 is 26.3 Å². The number of rotatable bonds is 6. The van der Waals surface area contributed by atoms with Gasteiger partial charge in [0.15, 0.2) is 17.5 Å². The molecule has 7 aromatic carbocycles. The molecular formula is C48H27F6N5. The smallest absolute Gasteiger partial charge is 0.308 e. The summed E-state index contributed by atoms with van der Waals surface area (Å²) in [6.45, 7) is 0. The van der Waals surface area contributed by atoms with E-state index in [1.165, 1.54) is 12.1 Å². The molecule has 0 bridgehead atoms. The van der Waals surface area contributed by atoms with E-state index in [0.717, 1.165) is 28.0 Å². The molecule has 0 fully saturated rings. The highest BCUT2D eigenvalue weighted by Crippen LogP contribution is 2.44. The number of aromatic nitrogens is 4. The van der Waals surface area contributed by atoms with E-state index < -0.39 is 29.0 Å². The van der Waals surface area contributed by atoms with E-state index in [0.29, 0.717) is 56.7 Å². The van der Waals surface area contributed by atoms with Gasteiger partial charge in [-0.1, -0.05) is 109 Å². The van der Waals surface area contributed by atoms with Crippen molar-refractivity contribution in [3.63, 3.8) is 0 Å². The van der Waals surface area contributed by atoms with Gasteiger partial charge in [0.2, 0.25) is 0 Å². The second-order valence-corrected chi connectivity index (χ2v) is 13.8. The van der Waals surface area contributed by atoms with Crippen LogP contribution in [-0.2, 0) is 12.4 Å². The summed E-state index contributed by atoms with van der Waals surface area (Å²) in [4.78, 5) is 14.7. The quantitative estimate of drug-likeness (QED) is 0.157. The first-order valence-electron chi connectivity index (χ1n) is 18.3. The van der Waals surface area contributed by atoms with Gasteiger partial charge in [-0.25, -0.2) is 15.0 Å². The Labute approximate surface area is 333 Å². The second-order valence-electron chi connectivity index (χ2n) is 13.8. The van der Waals surface area contributed by atoms with Gasteiger partial charge >= 0.3 is 12.4 Å². The van der Waals surface area contributed by atoms with Gasteiger partial charge in [-0.3, -0.25) is 0 Å².